The van der Waals surface area contributed by atoms with Crippen LogP contribution in [0.3, 0.4) is 0 Å². The lowest BCUT2D eigenvalue weighted by Crippen LogP contribution is -2.47. The lowest BCUT2D eigenvalue weighted by atomic mass is 9.86. The molecule has 3 aliphatic rings. The molecule has 0 aliphatic carbocycles. The van der Waals surface area contributed by atoms with Crippen molar-refractivity contribution in [2.24, 2.45) is 10.9 Å². The van der Waals surface area contributed by atoms with Crippen LogP contribution in [0.4, 0.5) is 0 Å². The summed E-state index contributed by atoms with van der Waals surface area (Å²) >= 11 is 0. The summed E-state index contributed by atoms with van der Waals surface area (Å²) in [6.45, 7) is 4.25. The van der Waals surface area contributed by atoms with Crippen LogP contribution in [0.5, 0.6) is 11.5 Å². The molecule has 20 heavy (non-hydrogen) atoms. The zero-order valence-corrected chi connectivity index (χ0v) is 12.3. The Bertz CT molecular complexity index is 505. The SMILES string of the molecule is COc1ccc(C/N=C2\CN3CCC2CC3)c(OC)c1. The van der Waals surface area contributed by atoms with Gasteiger partial charge in [0.15, 0.2) is 0 Å². The Morgan fingerprint density at radius 3 is 2.60 bits per heavy atom. The van der Waals surface area contributed by atoms with Gasteiger partial charge in [-0.3, -0.25) is 9.89 Å². The molecule has 4 rings (SSSR count). The van der Waals surface area contributed by atoms with Crippen molar-refractivity contribution in [3.8, 4) is 11.5 Å². The average Bonchev–Trinajstić information content (AvgIpc) is 2.54. The predicted molar refractivity (Wildman–Crippen MR) is 79.8 cm³/mol. The number of nitrogens with zero attached hydrogens (tertiary/aromatic N) is 2. The molecule has 0 saturated carbocycles. The highest BCUT2D eigenvalue weighted by molar-refractivity contribution is 5.90. The molecule has 1 aromatic carbocycles. The van der Waals surface area contributed by atoms with E-state index in [4.69, 9.17) is 14.5 Å². The van der Waals surface area contributed by atoms with E-state index in [0.717, 1.165) is 23.6 Å². The van der Waals surface area contributed by atoms with Gasteiger partial charge in [0.25, 0.3) is 0 Å². The van der Waals surface area contributed by atoms with Gasteiger partial charge in [0.05, 0.1) is 20.8 Å². The second-order valence-corrected chi connectivity index (χ2v) is 5.54. The number of ether oxygens (including phenoxy) is 2. The number of benzene rings is 1. The van der Waals surface area contributed by atoms with Crippen LogP contribution in [0.15, 0.2) is 23.2 Å². The molecule has 0 unspecified atom stereocenters. The molecule has 2 bridgehead atoms. The van der Waals surface area contributed by atoms with Gasteiger partial charge in [0.1, 0.15) is 11.5 Å². The number of fused-ring (bicyclic) bond motifs is 3. The number of aliphatic imine (C=N–C) groups is 1. The lowest BCUT2D eigenvalue weighted by Gasteiger charge is -2.40. The van der Waals surface area contributed by atoms with Gasteiger partial charge in [-0.05, 0) is 38.1 Å². The van der Waals surface area contributed by atoms with Gasteiger partial charge in [-0.1, -0.05) is 0 Å². The Labute approximate surface area is 120 Å². The van der Waals surface area contributed by atoms with Crippen molar-refractivity contribution in [1.82, 2.24) is 4.90 Å². The minimum Gasteiger partial charge on any atom is -0.497 e. The van der Waals surface area contributed by atoms with Gasteiger partial charge >= 0.3 is 0 Å². The number of hydrogen-bond donors (Lipinski definition) is 0. The first-order chi connectivity index (χ1) is 9.80. The zero-order valence-electron chi connectivity index (χ0n) is 12.3. The largest absolute Gasteiger partial charge is 0.497 e. The van der Waals surface area contributed by atoms with Gasteiger partial charge < -0.3 is 9.47 Å². The van der Waals surface area contributed by atoms with Gasteiger partial charge in [-0.25, -0.2) is 0 Å². The summed E-state index contributed by atoms with van der Waals surface area (Å²) in [5.41, 5.74) is 2.50. The van der Waals surface area contributed by atoms with Crippen LogP contribution >= 0.6 is 0 Å². The van der Waals surface area contributed by atoms with Crippen LogP contribution in [-0.2, 0) is 6.54 Å². The lowest BCUT2D eigenvalue weighted by molar-refractivity contribution is 0.200. The van der Waals surface area contributed by atoms with Crippen molar-refractivity contribution >= 4 is 5.71 Å². The minimum atomic E-state index is 0.701. The van der Waals surface area contributed by atoms with E-state index in [-0.39, 0.29) is 0 Å². The van der Waals surface area contributed by atoms with Gasteiger partial charge in [0, 0.05) is 29.8 Å². The third kappa shape index (κ3) is 2.66. The average molecular weight is 274 g/mol. The number of methoxy groups -OCH3 is 2. The summed E-state index contributed by atoms with van der Waals surface area (Å²) in [5, 5.41) is 0. The summed E-state index contributed by atoms with van der Waals surface area (Å²) in [6, 6.07) is 5.93. The van der Waals surface area contributed by atoms with E-state index >= 15 is 0 Å². The fourth-order valence-electron chi connectivity index (χ4n) is 3.13. The standard InChI is InChI=1S/C16H22N2O2/c1-19-14-4-3-13(16(9-14)20-2)10-17-15-11-18-7-5-12(15)6-8-18/h3-4,9,12H,5-8,10-11H2,1-2H3/b17-15+. The Morgan fingerprint density at radius 1 is 1.20 bits per heavy atom. The molecular weight excluding hydrogens is 252 g/mol. The monoisotopic (exact) mass is 274 g/mol. The van der Waals surface area contributed by atoms with E-state index in [1.807, 2.05) is 18.2 Å². The second-order valence-electron chi connectivity index (χ2n) is 5.54. The van der Waals surface area contributed by atoms with Crippen LogP contribution < -0.4 is 9.47 Å². The first-order valence-electron chi connectivity index (χ1n) is 7.26. The number of hydrogen-bond acceptors (Lipinski definition) is 4. The predicted octanol–water partition coefficient (Wildman–Crippen LogP) is 2.37. The molecule has 3 fully saturated rings. The maximum Gasteiger partial charge on any atom is 0.127 e. The van der Waals surface area contributed by atoms with Crippen LogP contribution in [0.2, 0.25) is 0 Å². The van der Waals surface area contributed by atoms with E-state index < -0.39 is 0 Å². The molecule has 0 atom stereocenters. The molecule has 3 heterocycles. The Kier molecular flexibility index (Phi) is 3.92. The van der Waals surface area contributed by atoms with Gasteiger partial charge in [-0.15, -0.1) is 0 Å². The molecule has 0 spiro atoms. The minimum absolute atomic E-state index is 0.701. The van der Waals surface area contributed by atoms with Crippen LogP contribution in [0, 0.1) is 5.92 Å². The molecule has 3 aliphatic heterocycles. The molecule has 0 N–H and O–H groups in total. The number of piperidine rings is 3. The van der Waals surface area contributed by atoms with Crippen molar-refractivity contribution in [2.75, 3.05) is 33.9 Å². The van der Waals surface area contributed by atoms with Crippen LogP contribution in [-0.4, -0.2) is 44.5 Å². The van der Waals surface area contributed by atoms with Gasteiger partial charge in [-0.2, -0.15) is 0 Å². The molecule has 0 aromatic heterocycles. The highest BCUT2D eigenvalue weighted by Gasteiger charge is 2.30. The first-order valence-corrected chi connectivity index (χ1v) is 7.26. The zero-order chi connectivity index (χ0) is 13.9. The van der Waals surface area contributed by atoms with E-state index in [0.29, 0.717) is 12.5 Å². The molecule has 1 aromatic rings. The van der Waals surface area contributed by atoms with Crippen molar-refractivity contribution in [3.63, 3.8) is 0 Å². The summed E-state index contributed by atoms with van der Waals surface area (Å²) in [6.07, 6.45) is 2.55. The Hall–Kier alpha value is -1.55. The molecule has 108 valence electrons. The van der Waals surface area contributed by atoms with Crippen molar-refractivity contribution in [2.45, 2.75) is 19.4 Å². The van der Waals surface area contributed by atoms with Crippen LogP contribution in [0.1, 0.15) is 18.4 Å². The summed E-state index contributed by atoms with van der Waals surface area (Å²) in [7, 11) is 3.36. The third-order valence-corrected chi connectivity index (χ3v) is 4.39. The maximum atomic E-state index is 5.43. The van der Waals surface area contributed by atoms with Crippen molar-refractivity contribution in [3.05, 3.63) is 23.8 Å². The second kappa shape index (κ2) is 5.83. The molecule has 3 saturated heterocycles. The molecule has 4 nitrogen and oxygen atoms in total. The van der Waals surface area contributed by atoms with Crippen molar-refractivity contribution < 1.29 is 9.47 Å². The normalized spacial score (nSPS) is 26.8. The Balaban J connectivity index is 1.74. The highest BCUT2D eigenvalue weighted by atomic mass is 16.5. The molecule has 0 radical (unpaired) electrons. The molecule has 0 amide bonds. The first kappa shape index (κ1) is 13.4. The fourth-order valence-corrected chi connectivity index (χ4v) is 3.13. The molecule has 4 heteroatoms. The van der Waals surface area contributed by atoms with Crippen molar-refractivity contribution in [1.29, 1.82) is 0 Å². The third-order valence-electron chi connectivity index (χ3n) is 4.39. The topological polar surface area (TPSA) is 34.1 Å². The summed E-state index contributed by atoms with van der Waals surface area (Å²) in [4.78, 5) is 7.36. The highest BCUT2D eigenvalue weighted by Crippen LogP contribution is 2.28. The quantitative estimate of drug-likeness (QED) is 0.845. The smallest absolute Gasteiger partial charge is 0.127 e. The summed E-state index contributed by atoms with van der Waals surface area (Å²) in [5.74, 6) is 2.39. The van der Waals surface area contributed by atoms with E-state index in [1.165, 1.54) is 31.6 Å². The maximum absolute atomic E-state index is 5.43. The molecular formula is C16H22N2O2. The van der Waals surface area contributed by atoms with E-state index in [9.17, 15) is 0 Å². The Morgan fingerprint density at radius 2 is 2.00 bits per heavy atom. The number of rotatable bonds is 4. The van der Waals surface area contributed by atoms with E-state index in [2.05, 4.69) is 4.90 Å². The fraction of sp³-hybridized carbons (Fsp3) is 0.562. The summed E-state index contributed by atoms with van der Waals surface area (Å²) < 4.78 is 10.7. The van der Waals surface area contributed by atoms with Gasteiger partial charge in [0.2, 0.25) is 0 Å². The van der Waals surface area contributed by atoms with Crippen LogP contribution in [0.25, 0.3) is 0 Å². The van der Waals surface area contributed by atoms with E-state index in [1.54, 1.807) is 14.2 Å².